The summed E-state index contributed by atoms with van der Waals surface area (Å²) in [6.45, 7) is 4.83. The van der Waals surface area contributed by atoms with Crippen LogP contribution in [0.4, 0.5) is 14.5 Å². The van der Waals surface area contributed by atoms with Gasteiger partial charge in [0.1, 0.15) is 17.3 Å². The van der Waals surface area contributed by atoms with Crippen molar-refractivity contribution in [1.29, 1.82) is 0 Å². The molecule has 1 aromatic carbocycles. The molecule has 0 saturated carbocycles. The third-order valence-electron chi connectivity index (χ3n) is 2.89. The van der Waals surface area contributed by atoms with E-state index in [0.29, 0.717) is 25.3 Å². The summed E-state index contributed by atoms with van der Waals surface area (Å²) in [6, 6.07) is 2.61. The third-order valence-corrected chi connectivity index (χ3v) is 2.89. The lowest BCUT2D eigenvalue weighted by molar-refractivity contribution is 0.0883. The van der Waals surface area contributed by atoms with E-state index in [4.69, 9.17) is 4.74 Å². The van der Waals surface area contributed by atoms with Crippen LogP contribution in [-0.2, 0) is 11.3 Å². The molecule has 0 spiro atoms. The van der Waals surface area contributed by atoms with Gasteiger partial charge >= 0.3 is 0 Å². The molecule has 21 heavy (non-hydrogen) atoms. The van der Waals surface area contributed by atoms with Gasteiger partial charge in [0, 0.05) is 33.8 Å². The summed E-state index contributed by atoms with van der Waals surface area (Å²) in [5.41, 5.74) is -0.632. The molecule has 6 heteroatoms. The number of ether oxygens (including phenoxy) is 1. The van der Waals surface area contributed by atoms with Crippen LogP contribution in [0.15, 0.2) is 12.1 Å². The molecule has 1 rings (SSSR count). The maximum Gasteiger partial charge on any atom is 0.149 e. The fourth-order valence-corrected chi connectivity index (χ4v) is 2.15. The van der Waals surface area contributed by atoms with E-state index in [2.05, 4.69) is 5.32 Å². The van der Waals surface area contributed by atoms with E-state index in [-0.39, 0.29) is 12.2 Å². The lowest BCUT2D eigenvalue weighted by Crippen LogP contribution is -2.37. The number of anilines is 1. The molecule has 1 aromatic rings. The lowest BCUT2D eigenvalue weighted by Gasteiger charge is -2.28. The van der Waals surface area contributed by atoms with Crippen molar-refractivity contribution >= 4 is 5.69 Å². The Balaban J connectivity index is 2.80. The van der Waals surface area contributed by atoms with Gasteiger partial charge in [-0.05, 0) is 31.5 Å². The maximum absolute atomic E-state index is 14.1. The Kier molecular flexibility index (Phi) is 6.51. The average molecular weight is 302 g/mol. The van der Waals surface area contributed by atoms with E-state index in [9.17, 15) is 13.9 Å². The van der Waals surface area contributed by atoms with Crippen molar-refractivity contribution in [2.45, 2.75) is 26.0 Å². The molecule has 0 bridgehead atoms. The first-order valence-electron chi connectivity index (χ1n) is 6.85. The Bertz CT molecular complexity index is 438. The van der Waals surface area contributed by atoms with E-state index < -0.39 is 17.2 Å². The minimum Gasteiger partial charge on any atom is -0.389 e. The molecule has 0 aliphatic rings. The van der Waals surface area contributed by atoms with Crippen molar-refractivity contribution in [2.24, 2.45) is 0 Å². The first-order valence-corrected chi connectivity index (χ1v) is 6.85. The number of rotatable bonds is 8. The number of likely N-dealkylation sites (N-methyl/N-ethyl adjacent to an activating group) is 1. The van der Waals surface area contributed by atoms with Crippen LogP contribution in [0, 0.1) is 11.6 Å². The highest BCUT2D eigenvalue weighted by Gasteiger charge is 2.21. The second-order valence-corrected chi connectivity index (χ2v) is 5.75. The van der Waals surface area contributed by atoms with Gasteiger partial charge in [-0.1, -0.05) is 0 Å². The highest BCUT2D eigenvalue weighted by atomic mass is 19.1. The lowest BCUT2D eigenvalue weighted by atomic mass is 10.1. The summed E-state index contributed by atoms with van der Waals surface area (Å²) in [4.78, 5) is 1.38. The van der Waals surface area contributed by atoms with Crippen LogP contribution in [0.5, 0.6) is 0 Å². The van der Waals surface area contributed by atoms with Crippen molar-refractivity contribution in [1.82, 2.24) is 5.32 Å². The smallest absolute Gasteiger partial charge is 0.149 e. The van der Waals surface area contributed by atoms with Gasteiger partial charge in [-0.3, -0.25) is 0 Å². The van der Waals surface area contributed by atoms with E-state index in [1.54, 1.807) is 28.0 Å². The van der Waals surface area contributed by atoms with Gasteiger partial charge in [0.25, 0.3) is 0 Å². The molecule has 2 N–H and O–H groups in total. The van der Waals surface area contributed by atoms with Gasteiger partial charge in [0.2, 0.25) is 0 Å². The number of hydrogen-bond acceptors (Lipinski definition) is 4. The summed E-state index contributed by atoms with van der Waals surface area (Å²) >= 11 is 0. The van der Waals surface area contributed by atoms with Crippen molar-refractivity contribution in [3.63, 3.8) is 0 Å². The van der Waals surface area contributed by atoms with Gasteiger partial charge in [0.15, 0.2) is 0 Å². The molecule has 0 aliphatic heterocycles. The largest absolute Gasteiger partial charge is 0.389 e. The molecule has 120 valence electrons. The minimum absolute atomic E-state index is 0.127. The number of benzene rings is 1. The zero-order valence-electron chi connectivity index (χ0n) is 13.0. The number of nitrogens with one attached hydrogen (secondary N) is 1. The van der Waals surface area contributed by atoms with Crippen molar-refractivity contribution in [2.75, 3.05) is 38.8 Å². The Hall–Kier alpha value is -1.24. The van der Waals surface area contributed by atoms with Crippen LogP contribution in [0.1, 0.15) is 19.4 Å². The number of nitrogens with zero attached hydrogens (tertiary/aromatic N) is 1. The summed E-state index contributed by atoms with van der Waals surface area (Å²) in [7, 11) is 3.14. The second kappa shape index (κ2) is 7.68. The minimum atomic E-state index is -1.03. The summed E-state index contributed by atoms with van der Waals surface area (Å²) in [5, 5.41) is 12.8. The second-order valence-electron chi connectivity index (χ2n) is 5.75. The van der Waals surface area contributed by atoms with Crippen LogP contribution in [0.2, 0.25) is 0 Å². The Morgan fingerprint density at radius 2 is 1.86 bits per heavy atom. The van der Waals surface area contributed by atoms with Gasteiger partial charge in [0.05, 0.1) is 12.2 Å². The van der Waals surface area contributed by atoms with Crippen LogP contribution >= 0.6 is 0 Å². The number of halogens is 2. The standard InChI is InChI=1S/C15H24F2N2O2/c1-15(2,20)10-19(3)14-12(16)7-11(8-13(14)17)9-18-5-6-21-4/h7-8,18,20H,5-6,9-10H2,1-4H3. The highest BCUT2D eigenvalue weighted by Crippen LogP contribution is 2.25. The van der Waals surface area contributed by atoms with Crippen LogP contribution in [0.25, 0.3) is 0 Å². The number of aliphatic hydroxyl groups is 1. The van der Waals surface area contributed by atoms with Crippen LogP contribution < -0.4 is 10.2 Å². The van der Waals surface area contributed by atoms with Crippen molar-refractivity contribution in [3.05, 3.63) is 29.3 Å². The highest BCUT2D eigenvalue weighted by molar-refractivity contribution is 5.50. The predicted molar refractivity (Wildman–Crippen MR) is 79.5 cm³/mol. The molecule has 0 atom stereocenters. The summed E-state index contributed by atoms with van der Waals surface area (Å²) in [5.74, 6) is -1.27. The molecule has 0 radical (unpaired) electrons. The molecular formula is C15H24F2N2O2. The maximum atomic E-state index is 14.1. The molecule has 4 nitrogen and oxygen atoms in total. The predicted octanol–water partition coefficient (Wildman–Crippen LogP) is 1.91. The zero-order chi connectivity index (χ0) is 16.0. The fourth-order valence-electron chi connectivity index (χ4n) is 2.15. The SMILES string of the molecule is COCCNCc1cc(F)c(N(C)CC(C)(C)O)c(F)c1. The van der Waals surface area contributed by atoms with E-state index in [0.717, 1.165) is 0 Å². The molecule has 0 aromatic heterocycles. The van der Waals surface area contributed by atoms with Crippen LogP contribution in [-0.4, -0.2) is 44.6 Å². The molecule has 0 amide bonds. The van der Waals surface area contributed by atoms with Crippen molar-refractivity contribution in [3.8, 4) is 0 Å². The third kappa shape index (κ3) is 5.95. The van der Waals surface area contributed by atoms with Crippen LogP contribution in [0.3, 0.4) is 0 Å². The van der Waals surface area contributed by atoms with Gasteiger partial charge < -0.3 is 20.1 Å². The first kappa shape index (κ1) is 17.8. The number of hydrogen-bond donors (Lipinski definition) is 2. The molecule has 0 fully saturated rings. The zero-order valence-corrected chi connectivity index (χ0v) is 13.0. The monoisotopic (exact) mass is 302 g/mol. The summed E-state index contributed by atoms with van der Waals surface area (Å²) < 4.78 is 33.1. The normalized spacial score (nSPS) is 11.8. The Labute approximate surface area is 124 Å². The van der Waals surface area contributed by atoms with E-state index in [1.807, 2.05) is 0 Å². The van der Waals surface area contributed by atoms with Gasteiger partial charge in [-0.2, -0.15) is 0 Å². The molecule has 0 saturated heterocycles. The molecular weight excluding hydrogens is 278 g/mol. The quantitative estimate of drug-likeness (QED) is 0.720. The van der Waals surface area contributed by atoms with Gasteiger partial charge in [-0.25, -0.2) is 8.78 Å². The first-order chi connectivity index (χ1) is 9.74. The van der Waals surface area contributed by atoms with Crippen molar-refractivity contribution < 1.29 is 18.6 Å². The Morgan fingerprint density at radius 1 is 1.29 bits per heavy atom. The van der Waals surface area contributed by atoms with E-state index in [1.165, 1.54) is 17.0 Å². The van der Waals surface area contributed by atoms with Gasteiger partial charge in [-0.15, -0.1) is 0 Å². The average Bonchev–Trinajstić information content (AvgIpc) is 2.31. The topological polar surface area (TPSA) is 44.7 Å². The van der Waals surface area contributed by atoms with E-state index >= 15 is 0 Å². The summed E-state index contributed by atoms with van der Waals surface area (Å²) in [6.07, 6.45) is 0. The molecule has 0 aliphatic carbocycles. The number of methoxy groups -OCH3 is 1. The molecule has 0 unspecified atom stereocenters. The Morgan fingerprint density at radius 3 is 2.33 bits per heavy atom. The molecule has 0 heterocycles. The fraction of sp³-hybridized carbons (Fsp3) is 0.600.